The van der Waals surface area contributed by atoms with Crippen molar-refractivity contribution in [2.45, 2.75) is 13.8 Å². The lowest BCUT2D eigenvalue weighted by molar-refractivity contribution is 0.835. The van der Waals surface area contributed by atoms with Crippen LogP contribution < -0.4 is 5.56 Å². The molecule has 0 bridgehead atoms. The molecule has 3 aromatic rings. The SMILES string of the molecule is Cc1cccc(N=Nc2c(C)[nH]n(-c3ccccc3)c2=O)c1Cl. The zero-order valence-electron chi connectivity index (χ0n) is 12.7. The lowest BCUT2D eigenvalue weighted by atomic mass is 10.2. The van der Waals surface area contributed by atoms with Crippen molar-refractivity contribution in [3.8, 4) is 5.69 Å². The van der Waals surface area contributed by atoms with Gasteiger partial charge in [0, 0.05) is 0 Å². The van der Waals surface area contributed by atoms with E-state index in [9.17, 15) is 4.79 Å². The first-order valence-corrected chi connectivity index (χ1v) is 7.49. The highest BCUT2D eigenvalue weighted by Crippen LogP contribution is 2.29. The van der Waals surface area contributed by atoms with E-state index in [-0.39, 0.29) is 11.2 Å². The lowest BCUT2D eigenvalue weighted by Crippen LogP contribution is -2.13. The summed E-state index contributed by atoms with van der Waals surface area (Å²) in [4.78, 5) is 12.5. The fourth-order valence-electron chi connectivity index (χ4n) is 2.23. The summed E-state index contributed by atoms with van der Waals surface area (Å²) in [5, 5.41) is 11.8. The maximum atomic E-state index is 12.5. The number of nitrogens with zero attached hydrogens (tertiary/aromatic N) is 3. The first-order chi connectivity index (χ1) is 11.1. The van der Waals surface area contributed by atoms with Crippen LogP contribution in [0.4, 0.5) is 11.4 Å². The molecule has 0 unspecified atom stereocenters. The molecule has 0 spiro atoms. The molecule has 0 saturated heterocycles. The molecule has 0 aliphatic rings. The van der Waals surface area contributed by atoms with E-state index in [0.29, 0.717) is 16.4 Å². The zero-order valence-corrected chi connectivity index (χ0v) is 13.5. The Hall–Kier alpha value is -2.66. The highest BCUT2D eigenvalue weighted by atomic mass is 35.5. The average molecular weight is 327 g/mol. The fraction of sp³-hybridized carbons (Fsp3) is 0.118. The number of azo groups is 1. The van der Waals surface area contributed by atoms with E-state index >= 15 is 0 Å². The molecule has 1 aromatic heterocycles. The molecule has 1 N–H and O–H groups in total. The molecule has 0 aliphatic heterocycles. The monoisotopic (exact) mass is 326 g/mol. The summed E-state index contributed by atoms with van der Waals surface area (Å²) >= 11 is 6.20. The molecule has 6 heteroatoms. The molecule has 0 fully saturated rings. The van der Waals surface area contributed by atoms with Crippen molar-refractivity contribution in [3.63, 3.8) is 0 Å². The van der Waals surface area contributed by atoms with Crippen molar-refractivity contribution in [1.29, 1.82) is 0 Å². The largest absolute Gasteiger partial charge is 0.299 e. The second-order valence-corrected chi connectivity index (χ2v) is 5.55. The summed E-state index contributed by atoms with van der Waals surface area (Å²) in [6, 6.07) is 14.8. The molecule has 23 heavy (non-hydrogen) atoms. The summed E-state index contributed by atoms with van der Waals surface area (Å²) in [7, 11) is 0. The first-order valence-electron chi connectivity index (χ1n) is 7.12. The molecule has 0 radical (unpaired) electrons. The van der Waals surface area contributed by atoms with Crippen LogP contribution in [0.15, 0.2) is 63.6 Å². The number of rotatable bonds is 3. The Kier molecular flexibility index (Phi) is 4.12. The highest BCUT2D eigenvalue weighted by molar-refractivity contribution is 6.33. The van der Waals surface area contributed by atoms with Gasteiger partial charge in [-0.2, -0.15) is 0 Å². The predicted molar refractivity (Wildman–Crippen MR) is 91.5 cm³/mol. The minimum absolute atomic E-state index is 0.249. The Balaban J connectivity index is 2.02. The van der Waals surface area contributed by atoms with Gasteiger partial charge < -0.3 is 0 Å². The third-order valence-corrected chi connectivity index (χ3v) is 3.98. The molecule has 0 atom stereocenters. The summed E-state index contributed by atoms with van der Waals surface area (Å²) in [5.74, 6) is 0. The predicted octanol–water partition coefficient (Wildman–Crippen LogP) is 4.85. The number of halogens is 1. The number of para-hydroxylation sites is 1. The number of hydrogen-bond acceptors (Lipinski definition) is 3. The quantitative estimate of drug-likeness (QED) is 0.687. The second-order valence-electron chi connectivity index (χ2n) is 5.17. The molecule has 3 rings (SSSR count). The van der Waals surface area contributed by atoms with Crippen molar-refractivity contribution < 1.29 is 0 Å². The van der Waals surface area contributed by atoms with Gasteiger partial charge in [-0.25, -0.2) is 4.68 Å². The van der Waals surface area contributed by atoms with Crippen LogP contribution >= 0.6 is 11.6 Å². The maximum absolute atomic E-state index is 12.5. The standard InChI is InChI=1S/C17H15ClN4O/c1-11-7-6-10-14(15(11)18)19-20-16-12(2)21-22(17(16)23)13-8-4-3-5-9-13/h3-10,21H,1-2H3. The molecule has 5 nitrogen and oxygen atoms in total. The molecule has 0 aliphatic carbocycles. The van der Waals surface area contributed by atoms with Crippen molar-refractivity contribution in [2.24, 2.45) is 10.2 Å². The third kappa shape index (κ3) is 2.96. The van der Waals surface area contributed by atoms with E-state index in [0.717, 1.165) is 11.3 Å². The normalized spacial score (nSPS) is 11.3. The molecule has 2 aromatic carbocycles. The topological polar surface area (TPSA) is 62.5 Å². The van der Waals surface area contributed by atoms with E-state index in [4.69, 9.17) is 11.6 Å². The molecule has 0 amide bonds. The van der Waals surface area contributed by atoms with Crippen molar-refractivity contribution in [1.82, 2.24) is 9.78 Å². The Bertz CT molecular complexity index is 926. The van der Waals surface area contributed by atoms with Gasteiger partial charge in [0.25, 0.3) is 5.56 Å². The summed E-state index contributed by atoms with van der Waals surface area (Å²) in [5.41, 5.74) is 2.86. The number of nitrogens with one attached hydrogen (secondary N) is 1. The van der Waals surface area contributed by atoms with Gasteiger partial charge in [0.2, 0.25) is 0 Å². The van der Waals surface area contributed by atoms with Gasteiger partial charge in [-0.3, -0.25) is 9.89 Å². The molecule has 1 heterocycles. The Labute approximate surface area is 138 Å². The van der Waals surface area contributed by atoms with E-state index in [1.54, 1.807) is 13.0 Å². The number of aromatic amines is 1. The van der Waals surface area contributed by atoms with Crippen LogP contribution in [-0.4, -0.2) is 9.78 Å². The van der Waals surface area contributed by atoms with Crippen molar-refractivity contribution >= 4 is 23.0 Å². The lowest BCUT2D eigenvalue weighted by Gasteiger charge is -1.99. The maximum Gasteiger partial charge on any atom is 0.299 e. The van der Waals surface area contributed by atoms with Gasteiger partial charge in [0.1, 0.15) is 5.69 Å². The van der Waals surface area contributed by atoms with Crippen LogP contribution in [-0.2, 0) is 0 Å². The number of H-pyrrole nitrogens is 1. The number of aryl methyl sites for hydroxylation is 2. The van der Waals surface area contributed by atoms with Crippen LogP contribution in [0.2, 0.25) is 5.02 Å². The summed E-state index contributed by atoms with van der Waals surface area (Å²) < 4.78 is 1.45. The molecule has 116 valence electrons. The van der Waals surface area contributed by atoms with Crippen LogP contribution in [0.5, 0.6) is 0 Å². The third-order valence-electron chi connectivity index (χ3n) is 3.48. The van der Waals surface area contributed by atoms with E-state index in [1.165, 1.54) is 4.68 Å². The van der Waals surface area contributed by atoms with Gasteiger partial charge in [0.05, 0.1) is 16.4 Å². The number of benzene rings is 2. The van der Waals surface area contributed by atoms with Crippen molar-refractivity contribution in [2.75, 3.05) is 0 Å². The Morgan fingerprint density at radius 3 is 2.48 bits per heavy atom. The molecule has 0 saturated carbocycles. The van der Waals surface area contributed by atoms with Gasteiger partial charge >= 0.3 is 0 Å². The van der Waals surface area contributed by atoms with Crippen LogP contribution in [0.3, 0.4) is 0 Å². The van der Waals surface area contributed by atoms with Crippen LogP contribution in [0, 0.1) is 13.8 Å². The summed E-state index contributed by atoms with van der Waals surface area (Å²) in [6.45, 7) is 3.68. The van der Waals surface area contributed by atoms with Gasteiger partial charge in [0.15, 0.2) is 5.69 Å². The van der Waals surface area contributed by atoms with Crippen LogP contribution in [0.25, 0.3) is 5.69 Å². The number of aromatic nitrogens is 2. The Morgan fingerprint density at radius 1 is 1.00 bits per heavy atom. The highest BCUT2D eigenvalue weighted by Gasteiger charge is 2.12. The fourth-order valence-corrected chi connectivity index (χ4v) is 2.39. The smallest absolute Gasteiger partial charge is 0.293 e. The molecular formula is C17H15ClN4O. The van der Waals surface area contributed by atoms with E-state index in [2.05, 4.69) is 15.3 Å². The van der Waals surface area contributed by atoms with E-state index in [1.807, 2.05) is 49.4 Å². The van der Waals surface area contributed by atoms with Crippen molar-refractivity contribution in [3.05, 3.63) is 75.2 Å². The van der Waals surface area contributed by atoms with E-state index < -0.39 is 0 Å². The minimum Gasteiger partial charge on any atom is -0.293 e. The van der Waals surface area contributed by atoms with Gasteiger partial charge in [-0.05, 0) is 37.6 Å². The minimum atomic E-state index is -0.249. The number of hydrogen-bond donors (Lipinski definition) is 1. The summed E-state index contributed by atoms with van der Waals surface area (Å²) in [6.07, 6.45) is 0. The van der Waals surface area contributed by atoms with Gasteiger partial charge in [-0.15, -0.1) is 10.2 Å². The van der Waals surface area contributed by atoms with Gasteiger partial charge in [-0.1, -0.05) is 41.9 Å². The average Bonchev–Trinajstić information content (AvgIpc) is 2.84. The second kappa shape index (κ2) is 6.22. The first kappa shape index (κ1) is 15.2. The van der Waals surface area contributed by atoms with Crippen LogP contribution in [0.1, 0.15) is 11.3 Å². The zero-order chi connectivity index (χ0) is 16.4. The Morgan fingerprint density at radius 2 is 1.74 bits per heavy atom. The molecular weight excluding hydrogens is 312 g/mol.